The summed E-state index contributed by atoms with van der Waals surface area (Å²) in [4.78, 5) is 7.42. The Morgan fingerprint density at radius 2 is 1.85 bits per heavy atom. The second-order valence-electron chi connectivity index (χ2n) is 8.79. The van der Waals surface area contributed by atoms with Gasteiger partial charge >= 0.3 is 0 Å². The molecule has 8 heteroatoms. The molecule has 2 aliphatic heterocycles. The van der Waals surface area contributed by atoms with E-state index in [4.69, 9.17) is 0 Å². The Kier molecular flexibility index (Phi) is 7.87. The van der Waals surface area contributed by atoms with E-state index < -0.39 is 0 Å². The van der Waals surface area contributed by atoms with Gasteiger partial charge in [0.2, 0.25) is 0 Å². The van der Waals surface area contributed by atoms with Gasteiger partial charge in [0.05, 0.1) is 11.9 Å². The molecule has 0 radical (unpaired) electrons. The van der Waals surface area contributed by atoms with Crippen molar-refractivity contribution in [2.24, 2.45) is 0 Å². The summed E-state index contributed by atoms with van der Waals surface area (Å²) in [5.74, 6) is -0.382. The minimum absolute atomic E-state index is 0.344. The van der Waals surface area contributed by atoms with Gasteiger partial charge in [0, 0.05) is 55.8 Å². The van der Waals surface area contributed by atoms with Gasteiger partial charge in [-0.15, -0.1) is 0 Å². The van der Waals surface area contributed by atoms with Crippen LogP contribution in [0.3, 0.4) is 0 Å². The van der Waals surface area contributed by atoms with Crippen LogP contribution >= 0.6 is 15.9 Å². The van der Waals surface area contributed by atoms with E-state index in [0.29, 0.717) is 23.3 Å². The van der Waals surface area contributed by atoms with Crippen molar-refractivity contribution in [3.8, 4) is 6.07 Å². The van der Waals surface area contributed by atoms with Gasteiger partial charge in [-0.25, -0.2) is 8.91 Å². The van der Waals surface area contributed by atoms with E-state index in [9.17, 15) is 9.65 Å². The van der Waals surface area contributed by atoms with E-state index >= 15 is 0 Å². The average Bonchev–Trinajstić information content (AvgIpc) is 3.26. The lowest BCUT2D eigenvalue weighted by Crippen LogP contribution is -2.65. The molecular formula is C26H32BrFN6. The van der Waals surface area contributed by atoms with Crippen LogP contribution in [-0.4, -0.2) is 70.8 Å². The molecule has 2 aromatic heterocycles. The highest BCUT2D eigenvalue weighted by molar-refractivity contribution is 9.10. The van der Waals surface area contributed by atoms with Crippen LogP contribution in [-0.2, 0) is 6.42 Å². The standard InChI is InChI=1S/C24H26BrFN6.C2H6/c1-17-14-30(23-7-6-20(12-27)32-24(23)22(26)13-28-32)16-21-15-29(10-11-31(17)21)9-8-18-2-4-19(25)5-3-18;1-2/h2-7,13,17,21H,8-11,14-16H2,1H3;1-2H3. The fourth-order valence-electron chi connectivity index (χ4n) is 5.16. The third kappa shape index (κ3) is 4.97. The molecule has 6 nitrogen and oxygen atoms in total. The molecule has 2 aliphatic rings. The molecule has 180 valence electrons. The quantitative estimate of drug-likeness (QED) is 0.498. The molecule has 0 amide bonds. The fourth-order valence-corrected chi connectivity index (χ4v) is 5.42. The molecule has 2 fully saturated rings. The Hall–Kier alpha value is -2.47. The first-order valence-electron chi connectivity index (χ1n) is 12.1. The van der Waals surface area contributed by atoms with E-state index in [1.807, 2.05) is 19.9 Å². The van der Waals surface area contributed by atoms with E-state index in [0.717, 1.165) is 55.8 Å². The number of anilines is 1. The number of hydrogen-bond acceptors (Lipinski definition) is 5. The summed E-state index contributed by atoms with van der Waals surface area (Å²) in [6, 6.07) is 15.0. The van der Waals surface area contributed by atoms with Crippen molar-refractivity contribution >= 4 is 27.1 Å². The number of nitrogens with zero attached hydrogens (tertiary/aromatic N) is 6. The topological polar surface area (TPSA) is 50.8 Å². The minimum Gasteiger partial charge on any atom is -0.367 e. The third-order valence-corrected chi connectivity index (χ3v) is 7.30. The lowest BCUT2D eigenvalue weighted by Gasteiger charge is -2.51. The molecule has 34 heavy (non-hydrogen) atoms. The Morgan fingerprint density at radius 1 is 1.09 bits per heavy atom. The van der Waals surface area contributed by atoms with Crippen LogP contribution in [0, 0.1) is 17.1 Å². The van der Waals surface area contributed by atoms with Gasteiger partial charge in [0.1, 0.15) is 17.3 Å². The molecule has 2 atom stereocenters. The van der Waals surface area contributed by atoms with Gasteiger partial charge in [0.15, 0.2) is 5.82 Å². The summed E-state index contributed by atoms with van der Waals surface area (Å²) < 4.78 is 17.1. The Morgan fingerprint density at radius 3 is 2.59 bits per heavy atom. The first kappa shape index (κ1) is 24.6. The highest BCUT2D eigenvalue weighted by Crippen LogP contribution is 2.30. The Labute approximate surface area is 209 Å². The molecule has 5 rings (SSSR count). The number of aromatic nitrogens is 2. The van der Waals surface area contributed by atoms with Crippen LogP contribution in [0.25, 0.3) is 5.52 Å². The van der Waals surface area contributed by atoms with Gasteiger partial charge in [-0.3, -0.25) is 4.90 Å². The van der Waals surface area contributed by atoms with E-state index in [2.05, 4.69) is 73.0 Å². The summed E-state index contributed by atoms with van der Waals surface area (Å²) in [6.45, 7) is 12.1. The number of nitriles is 1. The van der Waals surface area contributed by atoms with Crippen molar-refractivity contribution in [2.45, 2.75) is 39.3 Å². The lowest BCUT2D eigenvalue weighted by molar-refractivity contribution is 0.0356. The monoisotopic (exact) mass is 526 g/mol. The number of hydrogen-bond donors (Lipinski definition) is 0. The van der Waals surface area contributed by atoms with Gasteiger partial charge in [-0.2, -0.15) is 10.4 Å². The van der Waals surface area contributed by atoms with Crippen molar-refractivity contribution in [3.63, 3.8) is 0 Å². The lowest BCUT2D eigenvalue weighted by atomic mass is 10.0. The smallest absolute Gasteiger partial charge is 0.171 e. The first-order chi connectivity index (χ1) is 16.5. The summed E-state index contributed by atoms with van der Waals surface area (Å²) in [7, 11) is 0. The molecule has 1 aromatic carbocycles. The largest absolute Gasteiger partial charge is 0.367 e. The predicted octanol–water partition coefficient (Wildman–Crippen LogP) is 4.57. The van der Waals surface area contributed by atoms with Crippen molar-refractivity contribution in [2.75, 3.05) is 44.2 Å². The van der Waals surface area contributed by atoms with Gasteiger partial charge in [-0.05, 0) is 43.2 Å². The van der Waals surface area contributed by atoms with Gasteiger partial charge in [-0.1, -0.05) is 41.9 Å². The highest BCUT2D eigenvalue weighted by atomic mass is 79.9. The number of piperazine rings is 2. The normalized spacial score (nSPS) is 21.0. The maximum Gasteiger partial charge on any atom is 0.171 e. The van der Waals surface area contributed by atoms with Gasteiger partial charge < -0.3 is 9.80 Å². The summed E-state index contributed by atoms with van der Waals surface area (Å²) in [5, 5.41) is 13.4. The number of rotatable bonds is 4. The van der Waals surface area contributed by atoms with Crippen molar-refractivity contribution in [1.82, 2.24) is 19.4 Å². The molecule has 0 N–H and O–H groups in total. The molecule has 0 saturated carbocycles. The van der Waals surface area contributed by atoms with Gasteiger partial charge in [0.25, 0.3) is 0 Å². The molecule has 0 aliphatic carbocycles. The van der Waals surface area contributed by atoms with Crippen LogP contribution in [0.1, 0.15) is 32.0 Å². The highest BCUT2D eigenvalue weighted by Gasteiger charge is 2.36. The summed E-state index contributed by atoms with van der Waals surface area (Å²) in [5.41, 5.74) is 2.91. The van der Waals surface area contributed by atoms with Crippen molar-refractivity contribution in [1.29, 1.82) is 5.26 Å². The van der Waals surface area contributed by atoms with Crippen molar-refractivity contribution in [3.05, 3.63) is 64.1 Å². The predicted molar refractivity (Wildman–Crippen MR) is 138 cm³/mol. The van der Waals surface area contributed by atoms with E-state index in [1.54, 1.807) is 6.07 Å². The molecule has 3 aromatic rings. The van der Waals surface area contributed by atoms with E-state index in [-0.39, 0.29) is 5.82 Å². The van der Waals surface area contributed by atoms with Crippen LogP contribution in [0.15, 0.2) is 47.1 Å². The zero-order valence-corrected chi connectivity index (χ0v) is 21.7. The van der Waals surface area contributed by atoms with Crippen LogP contribution in [0.2, 0.25) is 0 Å². The Balaban J connectivity index is 0.00000133. The molecule has 2 unspecified atom stereocenters. The number of halogens is 2. The van der Waals surface area contributed by atoms with Crippen LogP contribution in [0.5, 0.6) is 0 Å². The summed E-state index contributed by atoms with van der Waals surface area (Å²) in [6.07, 6.45) is 2.24. The maximum atomic E-state index is 14.6. The first-order valence-corrected chi connectivity index (χ1v) is 12.9. The molecule has 0 spiro atoms. The minimum atomic E-state index is -0.382. The fraction of sp³-hybridized carbons (Fsp3) is 0.462. The van der Waals surface area contributed by atoms with Crippen molar-refractivity contribution < 1.29 is 4.39 Å². The number of pyridine rings is 1. The number of fused-ring (bicyclic) bond motifs is 2. The zero-order valence-electron chi connectivity index (χ0n) is 20.1. The molecule has 0 bridgehead atoms. The molecule has 2 saturated heterocycles. The molecule has 4 heterocycles. The average molecular weight is 527 g/mol. The third-order valence-electron chi connectivity index (χ3n) is 6.77. The maximum absolute atomic E-state index is 14.6. The van der Waals surface area contributed by atoms with Crippen LogP contribution in [0.4, 0.5) is 10.1 Å². The second-order valence-corrected chi connectivity index (χ2v) is 9.71. The summed E-state index contributed by atoms with van der Waals surface area (Å²) >= 11 is 3.50. The number of benzene rings is 1. The molecular weight excluding hydrogens is 495 g/mol. The second kappa shape index (κ2) is 10.9. The van der Waals surface area contributed by atoms with E-state index in [1.165, 1.54) is 16.3 Å². The van der Waals surface area contributed by atoms with Crippen LogP contribution < -0.4 is 4.90 Å². The Bertz CT molecular complexity index is 1150. The zero-order chi connectivity index (χ0) is 24.2. The SMILES string of the molecule is CC.CC1CN(c2ccc(C#N)n3ncc(F)c23)CC2CN(CCc3ccc(Br)cc3)CCN12.